The van der Waals surface area contributed by atoms with Crippen LogP contribution < -0.4 is 16.0 Å². The number of aliphatic hydroxyl groups is 4. The van der Waals surface area contributed by atoms with E-state index >= 15 is 0 Å². The molecule has 1 fully saturated rings. The van der Waals surface area contributed by atoms with Gasteiger partial charge in [-0.3, -0.25) is 14.9 Å². The van der Waals surface area contributed by atoms with Crippen LogP contribution in [0.2, 0.25) is 0 Å². The summed E-state index contributed by atoms with van der Waals surface area (Å²) in [6, 6.07) is -0.804. The van der Waals surface area contributed by atoms with Crippen LogP contribution in [0.1, 0.15) is 26.7 Å². The third-order valence-electron chi connectivity index (χ3n) is 5.64. The molecule has 1 aliphatic heterocycles. The van der Waals surface area contributed by atoms with Crippen molar-refractivity contribution in [1.29, 1.82) is 0 Å². The molecular weight excluding hydrogens is 464 g/mol. The highest BCUT2D eigenvalue weighted by atomic mass is 16.5. The summed E-state index contributed by atoms with van der Waals surface area (Å²) in [4.78, 5) is 24.9. The van der Waals surface area contributed by atoms with Crippen LogP contribution in [0.15, 0.2) is 0 Å². The molecule has 2 amide bonds. The minimum Gasteiger partial charge on any atom is -0.394 e. The van der Waals surface area contributed by atoms with E-state index in [4.69, 9.17) is 14.2 Å². The number of hydrogen-bond donors (Lipinski definition) is 7. The Hall–Kier alpha value is -1.42. The summed E-state index contributed by atoms with van der Waals surface area (Å²) in [6.45, 7) is 5.54. The highest BCUT2D eigenvalue weighted by Gasteiger charge is 2.44. The first-order valence-corrected chi connectivity index (χ1v) is 12.1. The molecule has 0 bridgehead atoms. The van der Waals surface area contributed by atoms with Crippen LogP contribution in [0.4, 0.5) is 0 Å². The maximum atomic E-state index is 11.9. The van der Waals surface area contributed by atoms with Gasteiger partial charge in [0.15, 0.2) is 0 Å². The zero-order valence-corrected chi connectivity index (χ0v) is 21.0. The van der Waals surface area contributed by atoms with E-state index in [1.807, 2.05) is 7.05 Å². The number of carbonyl (C=O) groups excluding carboxylic acids is 2. The second-order valence-electron chi connectivity index (χ2n) is 8.51. The van der Waals surface area contributed by atoms with Crippen LogP contribution in [-0.2, 0) is 23.8 Å². The van der Waals surface area contributed by atoms with Crippen molar-refractivity contribution in [1.82, 2.24) is 20.9 Å². The molecule has 6 atom stereocenters. The predicted octanol–water partition coefficient (Wildman–Crippen LogP) is -3.24. The van der Waals surface area contributed by atoms with Gasteiger partial charge < -0.3 is 50.2 Å². The second-order valence-corrected chi connectivity index (χ2v) is 8.51. The van der Waals surface area contributed by atoms with Crippen LogP contribution in [0.5, 0.6) is 0 Å². The van der Waals surface area contributed by atoms with Gasteiger partial charge in [0.2, 0.25) is 11.8 Å². The molecular formula is C22H44N4O9. The summed E-state index contributed by atoms with van der Waals surface area (Å²) in [6.07, 6.45) is -4.06. The average Bonchev–Trinajstić information content (AvgIpc) is 2.81. The summed E-state index contributed by atoms with van der Waals surface area (Å²) >= 11 is 0. The van der Waals surface area contributed by atoms with Gasteiger partial charge in [-0.25, -0.2) is 0 Å². The third-order valence-corrected chi connectivity index (χ3v) is 5.64. The molecule has 13 heteroatoms. The molecule has 1 rings (SSSR count). The smallest absolute Gasteiger partial charge is 0.219 e. The first kappa shape index (κ1) is 31.6. The Morgan fingerprint density at radius 3 is 2.34 bits per heavy atom. The van der Waals surface area contributed by atoms with E-state index in [1.165, 1.54) is 18.7 Å². The maximum absolute atomic E-state index is 11.9. The molecule has 1 unspecified atom stereocenters. The van der Waals surface area contributed by atoms with Crippen molar-refractivity contribution in [3.63, 3.8) is 0 Å². The molecule has 206 valence electrons. The molecule has 0 saturated carbocycles. The van der Waals surface area contributed by atoms with Gasteiger partial charge in [-0.05, 0) is 19.9 Å². The Morgan fingerprint density at radius 2 is 1.71 bits per heavy atom. The van der Waals surface area contributed by atoms with E-state index in [2.05, 4.69) is 16.0 Å². The number of hydrogen-bond acceptors (Lipinski definition) is 11. The maximum Gasteiger partial charge on any atom is 0.219 e. The lowest BCUT2D eigenvalue weighted by Crippen LogP contribution is -2.63. The van der Waals surface area contributed by atoms with Crippen molar-refractivity contribution in [2.24, 2.45) is 0 Å². The summed E-state index contributed by atoms with van der Waals surface area (Å²) < 4.78 is 16.7. The van der Waals surface area contributed by atoms with Crippen LogP contribution in [0.3, 0.4) is 0 Å². The average molecular weight is 509 g/mol. The molecule has 0 radical (unpaired) electrons. The van der Waals surface area contributed by atoms with E-state index in [1.54, 1.807) is 0 Å². The van der Waals surface area contributed by atoms with Gasteiger partial charge in [-0.15, -0.1) is 0 Å². The zero-order chi connectivity index (χ0) is 26.2. The zero-order valence-electron chi connectivity index (χ0n) is 21.0. The number of carbonyl (C=O) groups is 2. The van der Waals surface area contributed by atoms with Crippen LogP contribution in [0, 0.1) is 0 Å². The molecule has 0 aromatic heterocycles. The lowest BCUT2D eigenvalue weighted by molar-refractivity contribution is -0.197. The molecule has 1 heterocycles. The van der Waals surface area contributed by atoms with Gasteiger partial charge in [0, 0.05) is 40.1 Å². The Bertz CT molecular complexity index is 601. The number of aliphatic hydroxyl groups excluding tert-OH is 4. The molecule has 0 aromatic carbocycles. The first-order chi connectivity index (χ1) is 16.7. The van der Waals surface area contributed by atoms with Crippen LogP contribution >= 0.6 is 0 Å². The van der Waals surface area contributed by atoms with Crippen molar-refractivity contribution < 1.29 is 44.2 Å². The number of rotatable bonds is 18. The van der Waals surface area contributed by atoms with Crippen molar-refractivity contribution in [2.75, 3.05) is 66.3 Å². The molecule has 1 saturated heterocycles. The minimum atomic E-state index is -1.31. The van der Waals surface area contributed by atoms with Gasteiger partial charge in [0.1, 0.15) is 24.5 Å². The lowest BCUT2D eigenvalue weighted by Gasteiger charge is -2.42. The summed E-state index contributed by atoms with van der Waals surface area (Å²) in [7, 11) is 1.84. The molecule has 13 nitrogen and oxygen atoms in total. The largest absolute Gasteiger partial charge is 0.394 e. The quantitative estimate of drug-likeness (QED) is 0.0730. The van der Waals surface area contributed by atoms with Crippen molar-refractivity contribution in [3.05, 3.63) is 0 Å². The molecule has 35 heavy (non-hydrogen) atoms. The van der Waals surface area contributed by atoms with Gasteiger partial charge in [-0.1, -0.05) is 0 Å². The van der Waals surface area contributed by atoms with E-state index in [9.17, 15) is 30.0 Å². The third kappa shape index (κ3) is 12.4. The van der Waals surface area contributed by atoms with Crippen molar-refractivity contribution in [3.8, 4) is 0 Å². The van der Waals surface area contributed by atoms with E-state index in [0.29, 0.717) is 45.8 Å². The number of ether oxygens (including phenoxy) is 3. The lowest BCUT2D eigenvalue weighted by atomic mass is 9.90. The van der Waals surface area contributed by atoms with Gasteiger partial charge >= 0.3 is 0 Å². The SMILES string of the molecule is CNCCOCCN[C@H](O)CN(CCOCCCC1O[C@H](CO)[C@H](O)[C@H](O)[C@H]1NC(C)=O)C(C)=O. The van der Waals surface area contributed by atoms with Gasteiger partial charge in [0.25, 0.3) is 0 Å². The van der Waals surface area contributed by atoms with Crippen molar-refractivity contribution in [2.45, 2.75) is 63.4 Å². The highest BCUT2D eigenvalue weighted by Crippen LogP contribution is 2.24. The molecule has 0 spiro atoms. The fraction of sp³-hybridized carbons (Fsp3) is 0.909. The van der Waals surface area contributed by atoms with Crippen molar-refractivity contribution >= 4 is 11.8 Å². The number of likely N-dealkylation sites (N-methyl/N-ethyl adjacent to an activating group) is 1. The topological polar surface area (TPSA) is 182 Å². The summed E-state index contributed by atoms with van der Waals surface area (Å²) in [5, 5.41) is 48.4. The normalized spacial score (nSPS) is 25.3. The Balaban J connectivity index is 2.33. The summed E-state index contributed by atoms with van der Waals surface area (Å²) in [5.74, 6) is -0.549. The van der Waals surface area contributed by atoms with E-state index < -0.39 is 43.3 Å². The summed E-state index contributed by atoms with van der Waals surface area (Å²) in [5.41, 5.74) is 0. The predicted molar refractivity (Wildman–Crippen MR) is 126 cm³/mol. The number of amides is 2. The Labute approximate surface area is 207 Å². The fourth-order valence-corrected chi connectivity index (χ4v) is 3.74. The Kier molecular flexibility index (Phi) is 16.2. The molecule has 0 aromatic rings. The second kappa shape index (κ2) is 17.9. The molecule has 0 aliphatic carbocycles. The fourth-order valence-electron chi connectivity index (χ4n) is 3.74. The number of nitrogens with one attached hydrogen (secondary N) is 3. The van der Waals surface area contributed by atoms with Crippen LogP contribution in [0.25, 0.3) is 0 Å². The molecule has 7 N–H and O–H groups in total. The Morgan fingerprint density at radius 1 is 1.03 bits per heavy atom. The first-order valence-electron chi connectivity index (χ1n) is 12.1. The van der Waals surface area contributed by atoms with Crippen LogP contribution in [-0.4, -0.2) is 140 Å². The van der Waals surface area contributed by atoms with E-state index in [0.717, 1.165) is 6.54 Å². The monoisotopic (exact) mass is 508 g/mol. The standard InChI is InChI=1S/C22H44N4O9/c1-15(28)25-20-17(35-18(14-27)21(31)22(20)32)5-4-9-33-12-8-26(16(2)29)13-19(30)24-7-11-34-10-6-23-3/h17-24,27,30-32H,4-14H2,1-3H3,(H,25,28)/t17?,18-,19-,20+,21+,22-/m1/s1. The molecule has 1 aliphatic rings. The van der Waals surface area contributed by atoms with E-state index in [-0.39, 0.29) is 25.0 Å². The highest BCUT2D eigenvalue weighted by molar-refractivity contribution is 5.73. The minimum absolute atomic E-state index is 0.117. The number of nitrogens with zero attached hydrogens (tertiary/aromatic N) is 1. The van der Waals surface area contributed by atoms with Gasteiger partial charge in [-0.2, -0.15) is 0 Å². The van der Waals surface area contributed by atoms with Gasteiger partial charge in [0.05, 0.1) is 45.1 Å².